The first kappa shape index (κ1) is 21.5. The molecule has 1 amide bonds. The van der Waals surface area contributed by atoms with Crippen molar-refractivity contribution >= 4 is 40.1 Å². The summed E-state index contributed by atoms with van der Waals surface area (Å²) in [5, 5.41) is 13.1. The Labute approximate surface area is 192 Å². The van der Waals surface area contributed by atoms with Crippen molar-refractivity contribution in [2.45, 2.75) is 6.42 Å². The van der Waals surface area contributed by atoms with Crippen molar-refractivity contribution in [1.82, 2.24) is 4.98 Å². The number of rotatable bonds is 6. The zero-order valence-corrected chi connectivity index (χ0v) is 18.1. The van der Waals surface area contributed by atoms with Gasteiger partial charge in [-0.1, -0.05) is 23.7 Å². The van der Waals surface area contributed by atoms with Crippen LogP contribution in [0.1, 0.15) is 16.2 Å². The molecule has 0 aliphatic heterocycles. The molecule has 0 atom stereocenters. The number of carbonyl (C=O) groups excluding carboxylic acids is 1. The molecular weight excluding hydrogens is 449 g/mol. The number of furan rings is 1. The summed E-state index contributed by atoms with van der Waals surface area (Å²) in [6, 6.07) is 18.5. The standard InChI is InChI=1S/C24H15ClFN3O2S/c25-18-5-1-15(2-6-18)11-21-14-28-24(32-21)29-23(30)17(13-27)12-20-9-10-22(31-20)16-3-7-19(26)8-4-16/h1-10,12,14H,11H2,(H,28,29,30). The van der Waals surface area contributed by atoms with Crippen molar-refractivity contribution in [3.05, 3.63) is 99.5 Å². The van der Waals surface area contributed by atoms with E-state index in [9.17, 15) is 14.4 Å². The smallest absolute Gasteiger partial charge is 0.268 e. The average molecular weight is 464 g/mol. The summed E-state index contributed by atoms with van der Waals surface area (Å²) in [7, 11) is 0. The maximum Gasteiger partial charge on any atom is 0.268 e. The van der Waals surface area contributed by atoms with Gasteiger partial charge in [0, 0.05) is 34.2 Å². The lowest BCUT2D eigenvalue weighted by Gasteiger charge is -2.00. The van der Waals surface area contributed by atoms with Crippen LogP contribution >= 0.6 is 22.9 Å². The van der Waals surface area contributed by atoms with Crippen molar-refractivity contribution in [2.75, 3.05) is 5.32 Å². The predicted molar refractivity (Wildman–Crippen MR) is 123 cm³/mol. The number of thiazole rings is 1. The molecule has 32 heavy (non-hydrogen) atoms. The second-order valence-electron chi connectivity index (χ2n) is 6.77. The van der Waals surface area contributed by atoms with E-state index in [1.165, 1.54) is 29.5 Å². The Morgan fingerprint density at radius 1 is 1.16 bits per heavy atom. The van der Waals surface area contributed by atoms with Crippen LogP contribution in [-0.2, 0) is 11.2 Å². The Bertz CT molecular complexity index is 1320. The minimum atomic E-state index is -0.584. The highest BCUT2D eigenvalue weighted by Crippen LogP contribution is 2.25. The van der Waals surface area contributed by atoms with Gasteiger partial charge in [-0.25, -0.2) is 9.37 Å². The molecule has 0 saturated carbocycles. The van der Waals surface area contributed by atoms with Gasteiger partial charge in [0.15, 0.2) is 5.13 Å². The molecule has 8 heteroatoms. The largest absolute Gasteiger partial charge is 0.457 e. The number of benzene rings is 2. The minimum absolute atomic E-state index is 0.126. The topological polar surface area (TPSA) is 78.9 Å². The van der Waals surface area contributed by atoms with Crippen LogP contribution in [0.5, 0.6) is 0 Å². The molecule has 4 aromatic rings. The van der Waals surface area contributed by atoms with E-state index >= 15 is 0 Å². The van der Waals surface area contributed by atoms with Gasteiger partial charge in [-0.2, -0.15) is 5.26 Å². The third-order valence-electron chi connectivity index (χ3n) is 4.47. The summed E-state index contributed by atoms with van der Waals surface area (Å²) in [4.78, 5) is 17.7. The summed E-state index contributed by atoms with van der Waals surface area (Å²) in [6.07, 6.45) is 3.70. The fourth-order valence-corrected chi connectivity index (χ4v) is 3.87. The van der Waals surface area contributed by atoms with E-state index in [4.69, 9.17) is 16.0 Å². The van der Waals surface area contributed by atoms with Gasteiger partial charge in [-0.15, -0.1) is 11.3 Å². The van der Waals surface area contributed by atoms with Gasteiger partial charge in [-0.3, -0.25) is 10.1 Å². The molecule has 1 N–H and O–H groups in total. The highest BCUT2D eigenvalue weighted by molar-refractivity contribution is 7.15. The van der Waals surface area contributed by atoms with Crippen LogP contribution in [0.15, 0.2) is 76.9 Å². The maximum absolute atomic E-state index is 13.1. The normalized spacial score (nSPS) is 11.2. The van der Waals surface area contributed by atoms with Crippen LogP contribution in [0.3, 0.4) is 0 Å². The van der Waals surface area contributed by atoms with Gasteiger partial charge < -0.3 is 4.42 Å². The van der Waals surface area contributed by atoms with E-state index in [2.05, 4.69) is 10.3 Å². The summed E-state index contributed by atoms with van der Waals surface area (Å²) in [5.41, 5.74) is 1.63. The predicted octanol–water partition coefficient (Wildman–Crippen LogP) is 6.33. The number of halogens is 2. The SMILES string of the molecule is N#CC(=Cc1ccc(-c2ccc(F)cc2)o1)C(=O)Nc1ncc(Cc2ccc(Cl)cc2)s1. The summed E-state index contributed by atoms with van der Waals surface area (Å²) < 4.78 is 18.8. The molecule has 0 fully saturated rings. The van der Waals surface area contributed by atoms with Crippen LogP contribution in [0, 0.1) is 17.1 Å². The van der Waals surface area contributed by atoms with Crippen molar-refractivity contribution in [3.63, 3.8) is 0 Å². The number of amides is 1. The highest BCUT2D eigenvalue weighted by Gasteiger charge is 2.14. The first-order valence-electron chi connectivity index (χ1n) is 9.48. The fraction of sp³-hybridized carbons (Fsp3) is 0.0417. The van der Waals surface area contributed by atoms with Crippen LogP contribution in [-0.4, -0.2) is 10.9 Å². The first-order chi connectivity index (χ1) is 15.5. The molecule has 158 valence electrons. The number of hydrogen-bond acceptors (Lipinski definition) is 5. The summed E-state index contributed by atoms with van der Waals surface area (Å²) >= 11 is 7.24. The molecule has 0 aliphatic carbocycles. The molecule has 0 bridgehead atoms. The molecule has 2 aromatic heterocycles. The zero-order chi connectivity index (χ0) is 22.5. The Kier molecular flexibility index (Phi) is 6.45. The highest BCUT2D eigenvalue weighted by atomic mass is 35.5. The Balaban J connectivity index is 1.44. The molecule has 4 rings (SSSR count). The first-order valence-corrected chi connectivity index (χ1v) is 10.7. The van der Waals surface area contributed by atoms with Crippen LogP contribution in [0.4, 0.5) is 9.52 Å². The second kappa shape index (κ2) is 9.60. The second-order valence-corrected chi connectivity index (χ2v) is 8.32. The molecule has 2 heterocycles. The van der Waals surface area contributed by atoms with Crippen LogP contribution in [0.2, 0.25) is 5.02 Å². The monoisotopic (exact) mass is 463 g/mol. The molecule has 2 aromatic carbocycles. The van der Waals surface area contributed by atoms with Crippen LogP contribution in [0.25, 0.3) is 17.4 Å². The van der Waals surface area contributed by atoms with Gasteiger partial charge in [-0.05, 0) is 54.1 Å². The van der Waals surface area contributed by atoms with E-state index in [0.717, 1.165) is 10.4 Å². The lowest BCUT2D eigenvalue weighted by molar-refractivity contribution is -0.112. The Hall–Kier alpha value is -3.73. The molecule has 0 spiro atoms. The average Bonchev–Trinajstić information content (AvgIpc) is 3.43. The molecule has 0 radical (unpaired) electrons. The Morgan fingerprint density at radius 3 is 2.62 bits per heavy atom. The number of nitrogens with one attached hydrogen (secondary N) is 1. The number of nitriles is 1. The number of aromatic nitrogens is 1. The van der Waals surface area contributed by atoms with Gasteiger partial charge in [0.2, 0.25) is 0 Å². The van der Waals surface area contributed by atoms with Crippen LogP contribution < -0.4 is 5.32 Å². The van der Waals surface area contributed by atoms with Gasteiger partial charge in [0.05, 0.1) is 0 Å². The lowest BCUT2D eigenvalue weighted by Crippen LogP contribution is -2.13. The van der Waals surface area contributed by atoms with Crippen molar-refractivity contribution in [3.8, 4) is 17.4 Å². The Morgan fingerprint density at radius 2 is 1.91 bits per heavy atom. The number of hydrogen-bond donors (Lipinski definition) is 1. The number of nitrogens with zero attached hydrogens (tertiary/aromatic N) is 2. The fourth-order valence-electron chi connectivity index (χ4n) is 2.91. The molecule has 0 unspecified atom stereocenters. The minimum Gasteiger partial charge on any atom is -0.457 e. The molecule has 5 nitrogen and oxygen atoms in total. The van der Waals surface area contributed by atoms with Crippen molar-refractivity contribution in [2.24, 2.45) is 0 Å². The van der Waals surface area contributed by atoms with E-state index in [1.54, 1.807) is 30.5 Å². The zero-order valence-electron chi connectivity index (χ0n) is 16.5. The van der Waals surface area contributed by atoms with Gasteiger partial charge in [0.25, 0.3) is 5.91 Å². The molecule has 0 aliphatic rings. The number of carbonyl (C=O) groups is 1. The van der Waals surface area contributed by atoms with E-state index < -0.39 is 5.91 Å². The molecular formula is C24H15ClFN3O2S. The van der Waals surface area contributed by atoms with Crippen molar-refractivity contribution < 1.29 is 13.6 Å². The van der Waals surface area contributed by atoms with Gasteiger partial charge in [0.1, 0.15) is 29.0 Å². The van der Waals surface area contributed by atoms with E-state index in [1.807, 2.05) is 30.3 Å². The van der Waals surface area contributed by atoms with E-state index in [-0.39, 0.29) is 11.4 Å². The quantitative estimate of drug-likeness (QED) is 0.267. The third kappa shape index (κ3) is 5.30. The third-order valence-corrected chi connectivity index (χ3v) is 5.64. The molecule has 0 saturated heterocycles. The number of anilines is 1. The lowest BCUT2D eigenvalue weighted by atomic mass is 10.1. The maximum atomic E-state index is 13.1. The summed E-state index contributed by atoms with van der Waals surface area (Å²) in [6.45, 7) is 0. The van der Waals surface area contributed by atoms with E-state index in [0.29, 0.717) is 33.7 Å². The summed E-state index contributed by atoms with van der Waals surface area (Å²) in [5.74, 6) is -0.0960. The van der Waals surface area contributed by atoms with Gasteiger partial charge >= 0.3 is 0 Å². The van der Waals surface area contributed by atoms with Crippen molar-refractivity contribution in [1.29, 1.82) is 5.26 Å².